The number of nitrogens with zero attached hydrogens (tertiary/aromatic N) is 6. The molecule has 1 saturated carbocycles. The number of hydrogen-bond acceptors (Lipinski definition) is 8. The van der Waals surface area contributed by atoms with Gasteiger partial charge in [-0.15, -0.1) is 0 Å². The molecule has 14 heteroatoms. The van der Waals surface area contributed by atoms with Gasteiger partial charge < -0.3 is 10.4 Å². The fourth-order valence-corrected chi connectivity index (χ4v) is 8.43. The van der Waals surface area contributed by atoms with Gasteiger partial charge in [0.05, 0.1) is 17.2 Å². The SMILES string of the molecule is C[C@@]1(O)CCC[C@H]1n1c(=O)c(C(F)F)cc2cnc(NC3CCN(S(=O)(=O)N4CC(N5CCCC5)C4)CC3)nc21. The fraction of sp³-hybridized carbons (Fsp3) is 0.731. The number of nitrogens with one attached hydrogen (secondary N) is 1. The van der Waals surface area contributed by atoms with Crippen LogP contribution in [0.3, 0.4) is 0 Å². The highest BCUT2D eigenvalue weighted by Gasteiger charge is 2.43. The largest absolute Gasteiger partial charge is 0.388 e. The minimum atomic E-state index is -3.50. The van der Waals surface area contributed by atoms with E-state index in [4.69, 9.17) is 0 Å². The molecule has 0 amide bonds. The second kappa shape index (κ2) is 10.5. The van der Waals surface area contributed by atoms with Gasteiger partial charge in [0.25, 0.3) is 22.2 Å². The molecule has 3 aliphatic heterocycles. The van der Waals surface area contributed by atoms with Gasteiger partial charge in [-0.2, -0.15) is 22.0 Å². The van der Waals surface area contributed by atoms with E-state index in [1.807, 2.05) is 0 Å². The van der Waals surface area contributed by atoms with E-state index >= 15 is 0 Å². The van der Waals surface area contributed by atoms with E-state index in [2.05, 4.69) is 20.2 Å². The van der Waals surface area contributed by atoms with Gasteiger partial charge in [0.1, 0.15) is 5.65 Å². The van der Waals surface area contributed by atoms with Crippen LogP contribution in [0.15, 0.2) is 17.1 Å². The Labute approximate surface area is 232 Å². The summed E-state index contributed by atoms with van der Waals surface area (Å²) in [6, 6.07) is 0.681. The summed E-state index contributed by atoms with van der Waals surface area (Å²) in [5.74, 6) is 0.237. The van der Waals surface area contributed by atoms with Gasteiger partial charge in [-0.1, -0.05) is 0 Å². The minimum Gasteiger partial charge on any atom is -0.388 e. The van der Waals surface area contributed by atoms with Crippen LogP contribution in [0.5, 0.6) is 0 Å². The number of pyridine rings is 1. The Morgan fingerprint density at radius 2 is 1.77 bits per heavy atom. The second-order valence-electron chi connectivity index (χ2n) is 11.9. The van der Waals surface area contributed by atoms with Crippen LogP contribution in [0.4, 0.5) is 14.7 Å². The fourth-order valence-electron chi connectivity index (χ4n) is 6.71. The first-order chi connectivity index (χ1) is 19.0. The van der Waals surface area contributed by atoms with Gasteiger partial charge >= 0.3 is 0 Å². The number of likely N-dealkylation sites (tertiary alicyclic amines) is 1. The monoisotopic (exact) mass is 581 g/mol. The zero-order valence-corrected chi connectivity index (χ0v) is 23.5. The molecule has 4 fully saturated rings. The first-order valence-electron chi connectivity index (χ1n) is 14.2. The number of aromatic nitrogens is 3. The maximum absolute atomic E-state index is 13.7. The molecule has 6 rings (SSSR count). The molecule has 1 aliphatic carbocycles. The topological polar surface area (TPSA) is 124 Å². The molecule has 2 aromatic rings. The van der Waals surface area contributed by atoms with Gasteiger partial charge in [0.2, 0.25) is 5.95 Å². The van der Waals surface area contributed by atoms with Crippen molar-refractivity contribution in [1.29, 1.82) is 0 Å². The van der Waals surface area contributed by atoms with Crippen molar-refractivity contribution in [3.63, 3.8) is 0 Å². The molecule has 3 saturated heterocycles. The predicted octanol–water partition coefficient (Wildman–Crippen LogP) is 2.11. The summed E-state index contributed by atoms with van der Waals surface area (Å²) >= 11 is 0. The number of aliphatic hydroxyl groups is 1. The molecule has 2 N–H and O–H groups in total. The minimum absolute atomic E-state index is 0.0901. The van der Waals surface area contributed by atoms with Gasteiger partial charge in [0.15, 0.2) is 0 Å². The Hall–Kier alpha value is -2.26. The van der Waals surface area contributed by atoms with Gasteiger partial charge in [0, 0.05) is 49.8 Å². The molecule has 11 nitrogen and oxygen atoms in total. The lowest BCUT2D eigenvalue weighted by atomic mass is 9.99. The Kier molecular flexibility index (Phi) is 7.35. The third-order valence-corrected chi connectivity index (χ3v) is 11.1. The average Bonchev–Trinajstić information content (AvgIpc) is 3.52. The van der Waals surface area contributed by atoms with E-state index in [-0.39, 0.29) is 17.6 Å². The normalized spacial score (nSPS) is 28.1. The molecule has 4 aliphatic rings. The lowest BCUT2D eigenvalue weighted by Crippen LogP contribution is -2.63. The van der Waals surface area contributed by atoms with Crippen molar-refractivity contribution in [1.82, 2.24) is 28.0 Å². The average molecular weight is 582 g/mol. The zero-order chi connectivity index (χ0) is 28.2. The molecule has 220 valence electrons. The van der Waals surface area contributed by atoms with E-state index in [0.717, 1.165) is 19.2 Å². The van der Waals surface area contributed by atoms with E-state index in [1.165, 1.54) is 23.6 Å². The van der Waals surface area contributed by atoms with E-state index in [9.17, 15) is 27.1 Å². The molecule has 2 atom stereocenters. The lowest BCUT2D eigenvalue weighted by Gasteiger charge is -2.45. The lowest BCUT2D eigenvalue weighted by molar-refractivity contribution is 0.0261. The highest BCUT2D eigenvalue weighted by atomic mass is 32.2. The van der Waals surface area contributed by atoms with E-state index in [1.54, 1.807) is 15.5 Å². The predicted molar refractivity (Wildman–Crippen MR) is 146 cm³/mol. The summed E-state index contributed by atoms with van der Waals surface area (Å²) in [5, 5.41) is 14.5. The Morgan fingerprint density at radius 3 is 2.40 bits per heavy atom. The Balaban J connectivity index is 1.16. The number of anilines is 1. The smallest absolute Gasteiger partial charge is 0.282 e. The second-order valence-corrected chi connectivity index (χ2v) is 13.8. The molecule has 40 heavy (non-hydrogen) atoms. The maximum Gasteiger partial charge on any atom is 0.282 e. The van der Waals surface area contributed by atoms with Crippen LogP contribution in [0.1, 0.15) is 69.9 Å². The summed E-state index contributed by atoms with van der Waals surface area (Å²) < 4.78 is 58.0. The molecule has 2 aromatic heterocycles. The van der Waals surface area contributed by atoms with Crippen molar-refractivity contribution < 1.29 is 22.3 Å². The van der Waals surface area contributed by atoms with Crippen LogP contribution in [0, 0.1) is 0 Å². The van der Waals surface area contributed by atoms with E-state index < -0.39 is 39.4 Å². The van der Waals surface area contributed by atoms with Gasteiger partial charge in [-0.25, -0.2) is 13.8 Å². The molecular formula is C26H37F2N7O4S. The van der Waals surface area contributed by atoms with Crippen molar-refractivity contribution in [2.45, 2.75) is 82.0 Å². The van der Waals surface area contributed by atoms with Crippen LogP contribution in [-0.2, 0) is 10.2 Å². The van der Waals surface area contributed by atoms with Crippen LogP contribution in [-0.4, -0.2) is 98.5 Å². The number of fused-ring (bicyclic) bond motifs is 1. The highest BCUT2D eigenvalue weighted by molar-refractivity contribution is 7.86. The maximum atomic E-state index is 13.7. The molecule has 0 aromatic carbocycles. The summed E-state index contributed by atoms with van der Waals surface area (Å²) in [6.07, 6.45) is 3.52. The van der Waals surface area contributed by atoms with Crippen LogP contribution < -0.4 is 10.9 Å². The molecule has 0 unspecified atom stereocenters. The molecule has 5 heterocycles. The standard InChI is InChI=1S/C26H37F2N7O4S/c1-26(37)8-4-5-21(26)35-23-17(13-20(22(27)28)24(35)36)14-29-25(31-23)30-18-6-11-33(12-7-18)40(38,39)34-15-19(16-34)32-9-2-3-10-32/h13-14,18-19,21-22,37H,2-12,15-16H2,1H3,(H,29,30,31)/t21-,26-/m1/s1. The molecule has 0 radical (unpaired) electrons. The summed E-state index contributed by atoms with van der Waals surface area (Å²) in [4.78, 5) is 24.4. The number of alkyl halides is 2. The number of piperidine rings is 1. The van der Waals surface area contributed by atoms with Crippen molar-refractivity contribution in [2.75, 3.05) is 44.6 Å². The summed E-state index contributed by atoms with van der Waals surface area (Å²) in [6.45, 7) is 5.55. The number of rotatable bonds is 7. The van der Waals surface area contributed by atoms with Crippen molar-refractivity contribution >= 4 is 27.2 Å². The molecule has 0 bridgehead atoms. The van der Waals surface area contributed by atoms with Crippen LogP contribution in [0.25, 0.3) is 11.0 Å². The Morgan fingerprint density at radius 1 is 1.07 bits per heavy atom. The van der Waals surface area contributed by atoms with Gasteiger partial charge in [-0.3, -0.25) is 14.3 Å². The van der Waals surface area contributed by atoms with Crippen molar-refractivity contribution in [3.05, 3.63) is 28.2 Å². The summed E-state index contributed by atoms with van der Waals surface area (Å²) in [5.41, 5.74) is -2.51. The Bertz CT molecular complexity index is 1420. The zero-order valence-electron chi connectivity index (χ0n) is 22.7. The van der Waals surface area contributed by atoms with Gasteiger partial charge in [-0.05, 0) is 71.0 Å². The first kappa shape index (κ1) is 27.9. The number of halogens is 2. The third-order valence-electron chi connectivity index (χ3n) is 9.15. The molecular weight excluding hydrogens is 544 g/mol. The van der Waals surface area contributed by atoms with Crippen molar-refractivity contribution in [2.24, 2.45) is 0 Å². The first-order valence-corrected chi connectivity index (χ1v) is 15.6. The molecule has 0 spiro atoms. The third kappa shape index (κ3) is 5.02. The van der Waals surface area contributed by atoms with Crippen LogP contribution >= 0.6 is 0 Å². The quantitative estimate of drug-likeness (QED) is 0.510. The summed E-state index contributed by atoms with van der Waals surface area (Å²) in [7, 11) is -3.50. The van der Waals surface area contributed by atoms with E-state index in [0.29, 0.717) is 69.7 Å². The highest BCUT2D eigenvalue weighted by Crippen LogP contribution is 2.40. The van der Waals surface area contributed by atoms with Crippen LogP contribution in [0.2, 0.25) is 0 Å². The number of hydrogen-bond donors (Lipinski definition) is 2. The van der Waals surface area contributed by atoms with Crippen molar-refractivity contribution in [3.8, 4) is 0 Å².